The Morgan fingerprint density at radius 3 is 2.25 bits per heavy atom. The molecule has 0 N–H and O–H groups in total. The molecule has 0 heterocycles. The number of nitrogens with zero attached hydrogens (tertiary/aromatic N) is 1. The molecule has 2 aromatic carbocycles. The van der Waals surface area contributed by atoms with Crippen LogP contribution in [-0.4, -0.2) is 25.3 Å². The minimum Gasteiger partial charge on any atom is -0.379 e. The summed E-state index contributed by atoms with van der Waals surface area (Å²) < 4.78 is 42.6. The molecule has 0 spiro atoms. The largest absolute Gasteiger partial charge is 0.379 e. The van der Waals surface area contributed by atoms with Crippen LogP contribution >= 0.6 is 0 Å². The molecule has 0 saturated heterocycles. The van der Waals surface area contributed by atoms with Crippen molar-refractivity contribution in [1.29, 1.82) is 0 Å². The highest BCUT2D eigenvalue weighted by Gasteiger charge is 2.32. The van der Waals surface area contributed by atoms with Crippen LogP contribution in [-0.2, 0) is 21.5 Å². The smallest absolute Gasteiger partial charge is 0.339 e. The number of hydrogen-bond donors (Lipinski definition) is 0. The molecule has 0 unspecified atom stereocenters. The molecule has 1 amide bonds. The Morgan fingerprint density at radius 1 is 1.11 bits per heavy atom. The lowest BCUT2D eigenvalue weighted by Crippen LogP contribution is -2.33. The van der Waals surface area contributed by atoms with Gasteiger partial charge in [0, 0.05) is 19.0 Å². The van der Waals surface area contributed by atoms with Crippen molar-refractivity contribution >= 4 is 16.0 Å². The summed E-state index contributed by atoms with van der Waals surface area (Å²) in [5, 5.41) is 0. The maximum atomic E-state index is 13.0. The lowest BCUT2D eigenvalue weighted by Gasteiger charge is -2.23. The molecular weight excluding hydrogens is 381 g/mol. The first-order valence-corrected chi connectivity index (χ1v) is 10.7. The second-order valence-corrected chi connectivity index (χ2v) is 9.03. The molecule has 1 saturated carbocycles. The van der Waals surface area contributed by atoms with Gasteiger partial charge in [-0.15, -0.1) is 0 Å². The quantitative estimate of drug-likeness (QED) is 0.620. The monoisotopic (exact) mass is 405 g/mol. The number of halogens is 1. The van der Waals surface area contributed by atoms with Gasteiger partial charge in [-0.05, 0) is 60.7 Å². The summed E-state index contributed by atoms with van der Waals surface area (Å²) >= 11 is 0. The van der Waals surface area contributed by atoms with E-state index in [1.54, 1.807) is 24.3 Å². The molecule has 1 aliphatic rings. The maximum Gasteiger partial charge on any atom is 0.339 e. The summed E-state index contributed by atoms with van der Waals surface area (Å²) in [6.45, 7) is 4.55. The van der Waals surface area contributed by atoms with Gasteiger partial charge in [-0.1, -0.05) is 26.0 Å². The van der Waals surface area contributed by atoms with Gasteiger partial charge in [0.05, 0.1) is 0 Å². The summed E-state index contributed by atoms with van der Waals surface area (Å²) in [6, 6.07) is 11.4. The molecule has 0 atom stereocenters. The van der Waals surface area contributed by atoms with Crippen LogP contribution in [0.5, 0.6) is 5.75 Å². The molecule has 5 nitrogen and oxygen atoms in total. The predicted octanol–water partition coefficient (Wildman–Crippen LogP) is 4.13. The highest BCUT2D eigenvalue weighted by atomic mass is 32.2. The van der Waals surface area contributed by atoms with E-state index in [2.05, 4.69) is 0 Å². The van der Waals surface area contributed by atoms with Crippen LogP contribution < -0.4 is 4.18 Å². The zero-order chi connectivity index (χ0) is 20.3. The van der Waals surface area contributed by atoms with Crippen molar-refractivity contribution in [3.05, 3.63) is 59.9 Å². The molecule has 7 heteroatoms. The Bertz CT molecular complexity index is 920. The molecule has 150 valence electrons. The van der Waals surface area contributed by atoms with Crippen LogP contribution in [0.15, 0.2) is 53.4 Å². The molecule has 28 heavy (non-hydrogen) atoms. The van der Waals surface area contributed by atoms with Crippen molar-refractivity contribution in [3.8, 4) is 5.75 Å². The summed E-state index contributed by atoms with van der Waals surface area (Å²) in [5.74, 6) is 0.105. The van der Waals surface area contributed by atoms with E-state index in [1.165, 1.54) is 0 Å². The molecule has 1 fully saturated rings. The molecule has 2 aromatic rings. The molecule has 3 rings (SSSR count). The third-order valence-corrected chi connectivity index (χ3v) is 5.74. The number of amides is 1. The molecule has 1 aliphatic carbocycles. The standard InChI is InChI=1S/C21H24FNO4S/c1-15(2)13-21(24)23(18-7-8-18)14-16-3-9-19(10-4-16)27-28(25,26)20-11-5-17(22)6-12-20/h3-6,9-12,15,18H,7-8,13-14H2,1-2H3. The van der Waals surface area contributed by atoms with E-state index in [4.69, 9.17) is 4.18 Å². The van der Waals surface area contributed by atoms with E-state index in [-0.39, 0.29) is 16.6 Å². The van der Waals surface area contributed by atoms with Crippen LogP contribution in [0.1, 0.15) is 38.7 Å². The first-order chi connectivity index (χ1) is 13.2. The zero-order valence-electron chi connectivity index (χ0n) is 16.0. The van der Waals surface area contributed by atoms with Gasteiger partial charge in [0.1, 0.15) is 16.5 Å². The summed E-state index contributed by atoms with van der Waals surface area (Å²) in [4.78, 5) is 14.3. The van der Waals surface area contributed by atoms with E-state index in [9.17, 15) is 17.6 Å². The normalized spacial score (nSPS) is 14.1. The fraction of sp³-hybridized carbons (Fsp3) is 0.381. The van der Waals surface area contributed by atoms with Crippen molar-refractivity contribution < 1.29 is 21.8 Å². The SMILES string of the molecule is CC(C)CC(=O)N(Cc1ccc(OS(=O)(=O)c2ccc(F)cc2)cc1)C1CC1. The van der Waals surface area contributed by atoms with Crippen LogP contribution in [0.25, 0.3) is 0 Å². The van der Waals surface area contributed by atoms with Gasteiger partial charge in [-0.3, -0.25) is 4.79 Å². The maximum absolute atomic E-state index is 13.0. The lowest BCUT2D eigenvalue weighted by atomic mass is 10.1. The lowest BCUT2D eigenvalue weighted by molar-refractivity contribution is -0.133. The van der Waals surface area contributed by atoms with Crippen molar-refractivity contribution in [3.63, 3.8) is 0 Å². The highest BCUT2D eigenvalue weighted by molar-refractivity contribution is 7.87. The minimum absolute atomic E-state index is 0.114. The summed E-state index contributed by atoms with van der Waals surface area (Å²) in [7, 11) is -4.03. The van der Waals surface area contributed by atoms with Gasteiger partial charge in [0.15, 0.2) is 0 Å². The average Bonchev–Trinajstić information content (AvgIpc) is 3.45. The predicted molar refractivity (Wildman–Crippen MR) is 104 cm³/mol. The van der Waals surface area contributed by atoms with E-state index >= 15 is 0 Å². The first-order valence-electron chi connectivity index (χ1n) is 9.33. The number of hydrogen-bond acceptors (Lipinski definition) is 4. The Morgan fingerprint density at radius 2 is 1.71 bits per heavy atom. The third kappa shape index (κ3) is 5.32. The number of carbonyl (C=O) groups excluding carboxylic acids is 1. The van der Waals surface area contributed by atoms with Crippen LogP contribution in [0.4, 0.5) is 4.39 Å². The van der Waals surface area contributed by atoms with Crippen molar-refractivity contribution in [2.45, 2.75) is 50.6 Å². The second kappa shape index (κ2) is 8.31. The Labute approximate surface area is 165 Å². The van der Waals surface area contributed by atoms with Crippen LogP contribution in [0.2, 0.25) is 0 Å². The Balaban J connectivity index is 1.67. The molecule has 0 radical (unpaired) electrons. The molecule has 0 bridgehead atoms. The Hall–Kier alpha value is -2.41. The van der Waals surface area contributed by atoms with Gasteiger partial charge >= 0.3 is 10.1 Å². The van der Waals surface area contributed by atoms with Gasteiger partial charge in [-0.25, -0.2) is 4.39 Å². The van der Waals surface area contributed by atoms with E-state index in [0.717, 1.165) is 42.7 Å². The Kier molecular flexibility index (Phi) is 6.03. The topological polar surface area (TPSA) is 63.7 Å². The van der Waals surface area contributed by atoms with E-state index < -0.39 is 15.9 Å². The van der Waals surface area contributed by atoms with Gasteiger partial charge in [-0.2, -0.15) is 8.42 Å². The van der Waals surface area contributed by atoms with Crippen molar-refractivity contribution in [2.75, 3.05) is 0 Å². The van der Waals surface area contributed by atoms with Gasteiger partial charge in [0.25, 0.3) is 0 Å². The average molecular weight is 405 g/mol. The fourth-order valence-electron chi connectivity index (χ4n) is 2.90. The van der Waals surface area contributed by atoms with Crippen molar-refractivity contribution in [1.82, 2.24) is 4.90 Å². The number of carbonyl (C=O) groups is 1. The van der Waals surface area contributed by atoms with E-state index in [0.29, 0.717) is 24.9 Å². The number of benzene rings is 2. The first kappa shape index (κ1) is 20.3. The number of rotatable bonds is 8. The molecule has 0 aliphatic heterocycles. The third-order valence-electron chi connectivity index (χ3n) is 4.48. The summed E-state index contributed by atoms with van der Waals surface area (Å²) in [6.07, 6.45) is 2.58. The zero-order valence-corrected chi connectivity index (χ0v) is 16.8. The second-order valence-electron chi connectivity index (χ2n) is 7.49. The highest BCUT2D eigenvalue weighted by Crippen LogP contribution is 2.30. The molecule has 0 aromatic heterocycles. The summed E-state index contributed by atoms with van der Waals surface area (Å²) in [5.41, 5.74) is 0.913. The van der Waals surface area contributed by atoms with Gasteiger partial charge < -0.3 is 9.08 Å². The molecular formula is C21H24FNO4S. The van der Waals surface area contributed by atoms with Crippen LogP contribution in [0.3, 0.4) is 0 Å². The van der Waals surface area contributed by atoms with Gasteiger partial charge in [0.2, 0.25) is 5.91 Å². The van der Waals surface area contributed by atoms with Crippen LogP contribution in [0, 0.1) is 11.7 Å². The minimum atomic E-state index is -4.03. The fourth-order valence-corrected chi connectivity index (χ4v) is 3.83. The van der Waals surface area contributed by atoms with Crippen molar-refractivity contribution in [2.24, 2.45) is 5.92 Å². The van der Waals surface area contributed by atoms with E-state index in [1.807, 2.05) is 18.7 Å².